The van der Waals surface area contributed by atoms with Gasteiger partial charge in [0.2, 0.25) is 0 Å². The van der Waals surface area contributed by atoms with Crippen molar-refractivity contribution in [2.75, 3.05) is 46.9 Å². The third-order valence-electron chi connectivity index (χ3n) is 9.44. The van der Waals surface area contributed by atoms with Crippen molar-refractivity contribution in [2.24, 2.45) is 21.4 Å². The summed E-state index contributed by atoms with van der Waals surface area (Å²) in [5.74, 6) is 1.34. The number of aliphatic imine (C=N–C) groups is 1. The Morgan fingerprint density at radius 3 is 2.56 bits per heavy atom. The molecule has 1 aliphatic heterocycles. The monoisotopic (exact) mass is 696 g/mol. The van der Waals surface area contributed by atoms with Crippen LogP contribution in [-0.2, 0) is 11.2 Å². The lowest BCUT2D eigenvalue weighted by Gasteiger charge is -2.51. The average Bonchev–Trinajstić information content (AvgIpc) is 3.70. The largest absolute Gasteiger partial charge is 0.497 e. The zero-order chi connectivity index (χ0) is 32.8. The zero-order valence-electron chi connectivity index (χ0n) is 28.7. The van der Waals surface area contributed by atoms with E-state index in [1.54, 1.807) is 20.5 Å². The summed E-state index contributed by atoms with van der Waals surface area (Å²) in [5, 5.41) is 7.37. The van der Waals surface area contributed by atoms with E-state index in [1.807, 2.05) is 44.0 Å². The molecule has 1 saturated heterocycles. The van der Waals surface area contributed by atoms with Gasteiger partial charge in [0.15, 0.2) is 0 Å². The molecule has 6 nitrogen and oxygen atoms in total. The molecule has 1 fully saturated rings. The Morgan fingerprint density at radius 2 is 1.89 bits per heavy atom. The molecule has 246 valence electrons. The van der Waals surface area contributed by atoms with E-state index in [4.69, 9.17) is 9.47 Å². The Bertz CT molecular complexity index is 1460. The van der Waals surface area contributed by atoms with E-state index in [2.05, 4.69) is 87.9 Å². The van der Waals surface area contributed by atoms with E-state index in [0.717, 1.165) is 38.3 Å². The molecule has 2 heterocycles. The molecule has 45 heavy (non-hydrogen) atoms. The minimum Gasteiger partial charge on any atom is -0.497 e. The van der Waals surface area contributed by atoms with Crippen molar-refractivity contribution in [3.8, 4) is 5.75 Å². The number of fused-ring (bicyclic) bond motifs is 4. The van der Waals surface area contributed by atoms with Crippen molar-refractivity contribution in [1.82, 2.24) is 9.91 Å². The first-order valence-electron chi connectivity index (χ1n) is 16.7. The molecule has 2 aromatic rings. The van der Waals surface area contributed by atoms with Crippen LogP contribution in [-0.4, -0.2) is 75.5 Å². The van der Waals surface area contributed by atoms with Gasteiger partial charge in [-0.05, 0) is 90.5 Å². The quantitative estimate of drug-likeness (QED) is 0.108. The summed E-state index contributed by atoms with van der Waals surface area (Å²) >= 11 is 6.01. The second-order valence-electron chi connectivity index (χ2n) is 12.1. The predicted octanol–water partition coefficient (Wildman–Crippen LogP) is 9.22. The maximum Gasteiger partial charge on any atom is 0.120 e. The number of halogens is 1. The molecule has 1 aromatic carbocycles. The highest BCUT2D eigenvalue weighted by Crippen LogP contribution is 2.62. The van der Waals surface area contributed by atoms with Gasteiger partial charge in [-0.3, -0.25) is 10.0 Å². The molecular weight excluding hydrogens is 644 g/mol. The van der Waals surface area contributed by atoms with Gasteiger partial charge in [0.25, 0.3) is 0 Å². The SMILES string of the molecule is C=NN(C=NC)CCC1C(Br)=CC2(C)Cc3c(sc4cc(OC)ccc34)C3C=CC(C)(OCCN4CCCC4)C1=C32.CC.CC. The molecule has 4 atom stereocenters. The van der Waals surface area contributed by atoms with Crippen LogP contribution in [0.25, 0.3) is 10.1 Å². The van der Waals surface area contributed by atoms with E-state index in [1.165, 1.54) is 62.1 Å². The molecule has 6 rings (SSSR count). The van der Waals surface area contributed by atoms with Gasteiger partial charge in [-0.2, -0.15) is 5.10 Å². The Labute approximate surface area is 284 Å². The van der Waals surface area contributed by atoms with Gasteiger partial charge < -0.3 is 14.4 Å². The van der Waals surface area contributed by atoms with Crippen LogP contribution in [0.2, 0.25) is 0 Å². The van der Waals surface area contributed by atoms with Crippen LogP contribution >= 0.6 is 27.3 Å². The minimum atomic E-state index is -0.479. The number of rotatable bonds is 10. The first kappa shape index (κ1) is 35.6. The van der Waals surface area contributed by atoms with Crippen LogP contribution in [0.1, 0.15) is 77.2 Å². The summed E-state index contributed by atoms with van der Waals surface area (Å²) < 4.78 is 15.0. The predicted molar refractivity (Wildman–Crippen MR) is 198 cm³/mol. The minimum absolute atomic E-state index is 0.109. The molecule has 3 aliphatic carbocycles. The number of nitrogens with zero attached hydrogens (tertiary/aromatic N) is 4. The third kappa shape index (κ3) is 7.04. The molecule has 0 N–H and O–H groups in total. The summed E-state index contributed by atoms with van der Waals surface area (Å²) in [7, 11) is 3.51. The fraction of sp³-hybridized carbons (Fsp3) is 0.568. The lowest BCUT2D eigenvalue weighted by atomic mass is 9.56. The molecule has 0 spiro atoms. The molecule has 0 radical (unpaired) electrons. The number of allylic oxidation sites excluding steroid dienone is 4. The number of benzene rings is 1. The Hall–Kier alpha value is -2.26. The van der Waals surface area contributed by atoms with E-state index in [9.17, 15) is 0 Å². The smallest absolute Gasteiger partial charge is 0.120 e. The summed E-state index contributed by atoms with van der Waals surface area (Å²) in [6.07, 6.45) is 13.5. The molecule has 8 heteroatoms. The molecule has 0 saturated carbocycles. The van der Waals surface area contributed by atoms with Gasteiger partial charge >= 0.3 is 0 Å². The van der Waals surface area contributed by atoms with Crippen molar-refractivity contribution in [3.05, 3.63) is 62.5 Å². The molecule has 4 aliphatic rings. The van der Waals surface area contributed by atoms with Crippen LogP contribution in [0, 0.1) is 11.3 Å². The fourth-order valence-corrected chi connectivity index (χ4v) is 9.83. The number of hydrogen-bond donors (Lipinski definition) is 0. The van der Waals surface area contributed by atoms with Gasteiger partial charge in [-0.25, -0.2) is 0 Å². The Kier molecular flexibility index (Phi) is 12.3. The standard InChI is InChI=1S/C33H41BrN4O2S.2C2H6/c1-32-19-26-23-9-8-22(39-5)18-28(23)41-31(26)25-10-12-33(2,40-17-16-37-13-6-7-14-37)30(29(25)32)24(27(34)20-32)11-15-38(36-4)21-35-3;2*1-2/h8-10,12,18,20-21,24-25H,4,6-7,11,13-17,19H2,1-3,5H3;2*1-2H3. The zero-order valence-corrected chi connectivity index (χ0v) is 31.1. The van der Waals surface area contributed by atoms with E-state index in [-0.39, 0.29) is 17.3 Å². The first-order valence-corrected chi connectivity index (χ1v) is 18.3. The molecular formula is C37H53BrN4O2S. The van der Waals surface area contributed by atoms with Crippen molar-refractivity contribution < 1.29 is 9.47 Å². The lowest BCUT2D eigenvalue weighted by Crippen LogP contribution is -2.45. The van der Waals surface area contributed by atoms with Crippen LogP contribution in [0.15, 0.2) is 62.1 Å². The van der Waals surface area contributed by atoms with Crippen molar-refractivity contribution in [2.45, 2.75) is 78.7 Å². The highest BCUT2D eigenvalue weighted by molar-refractivity contribution is 9.11. The summed E-state index contributed by atoms with van der Waals surface area (Å²) in [6.45, 7) is 21.3. The Morgan fingerprint density at radius 1 is 1.16 bits per heavy atom. The van der Waals surface area contributed by atoms with E-state index >= 15 is 0 Å². The third-order valence-corrected chi connectivity index (χ3v) is 11.5. The fourth-order valence-electron chi connectivity index (χ4n) is 7.52. The van der Waals surface area contributed by atoms with Crippen LogP contribution in [0.3, 0.4) is 0 Å². The summed E-state index contributed by atoms with van der Waals surface area (Å²) in [6, 6.07) is 6.54. The molecule has 1 aromatic heterocycles. The van der Waals surface area contributed by atoms with Crippen molar-refractivity contribution in [3.63, 3.8) is 0 Å². The first-order chi connectivity index (χ1) is 21.8. The van der Waals surface area contributed by atoms with Crippen LogP contribution in [0.4, 0.5) is 0 Å². The van der Waals surface area contributed by atoms with Gasteiger partial charge in [-0.1, -0.05) is 68.8 Å². The highest BCUT2D eigenvalue weighted by Gasteiger charge is 2.51. The van der Waals surface area contributed by atoms with Gasteiger partial charge in [0.05, 0.1) is 13.7 Å². The second-order valence-corrected chi connectivity index (χ2v) is 14.1. The number of likely N-dealkylation sites (tertiary alicyclic amines) is 1. The van der Waals surface area contributed by atoms with Crippen molar-refractivity contribution >= 4 is 50.4 Å². The van der Waals surface area contributed by atoms with E-state index in [0.29, 0.717) is 0 Å². The summed E-state index contributed by atoms with van der Waals surface area (Å²) in [4.78, 5) is 8.17. The number of methoxy groups -OCH3 is 1. The molecule has 4 unspecified atom stereocenters. The molecule has 0 amide bonds. The van der Waals surface area contributed by atoms with Gasteiger partial charge in [0.1, 0.15) is 17.7 Å². The van der Waals surface area contributed by atoms with Gasteiger partial charge in [0, 0.05) is 53.7 Å². The number of hydrazone groups is 1. The molecule has 0 bridgehead atoms. The topological polar surface area (TPSA) is 49.7 Å². The normalized spacial score (nSPS) is 26.8. The Balaban J connectivity index is 0.00000111. The summed E-state index contributed by atoms with van der Waals surface area (Å²) in [5.41, 5.74) is 3.82. The average molecular weight is 698 g/mol. The number of thiophene rings is 1. The van der Waals surface area contributed by atoms with Crippen LogP contribution in [0.5, 0.6) is 5.75 Å². The highest BCUT2D eigenvalue weighted by atomic mass is 79.9. The number of hydrogen-bond acceptors (Lipinski definition) is 6. The maximum atomic E-state index is 6.93. The maximum absolute atomic E-state index is 6.93. The second kappa shape index (κ2) is 15.6. The number of ether oxygens (including phenoxy) is 2. The lowest BCUT2D eigenvalue weighted by molar-refractivity contribution is 0.0121. The van der Waals surface area contributed by atoms with Gasteiger partial charge in [-0.15, -0.1) is 11.3 Å². The van der Waals surface area contributed by atoms with Crippen LogP contribution < -0.4 is 4.74 Å². The van der Waals surface area contributed by atoms with Crippen molar-refractivity contribution in [1.29, 1.82) is 0 Å². The van der Waals surface area contributed by atoms with E-state index < -0.39 is 5.60 Å².